The number of hydrogen-bond donors (Lipinski definition) is 0. The molecule has 1 aromatic rings. The van der Waals surface area contributed by atoms with Crippen LogP contribution in [0.15, 0.2) is 6.07 Å². The molecule has 3 rings (SSSR count). The van der Waals surface area contributed by atoms with E-state index in [-0.39, 0.29) is 17.3 Å². The van der Waals surface area contributed by atoms with Crippen molar-refractivity contribution in [1.29, 1.82) is 0 Å². The number of Topliss-reactive ketones (excluding diaryl/α,β-unsaturated/α-hetero) is 1. The fourth-order valence-corrected chi connectivity index (χ4v) is 3.76. The van der Waals surface area contributed by atoms with Crippen molar-refractivity contribution in [2.45, 2.75) is 57.5 Å². The Balaban J connectivity index is 1.77. The maximum absolute atomic E-state index is 12.8. The molecule has 1 spiro atoms. The molecule has 110 valence electrons. The highest BCUT2D eigenvalue weighted by atomic mass is 16.5. The number of ketones is 1. The van der Waals surface area contributed by atoms with Crippen LogP contribution >= 0.6 is 0 Å². The van der Waals surface area contributed by atoms with Crippen LogP contribution in [0.5, 0.6) is 0 Å². The first-order chi connectivity index (χ1) is 9.63. The maximum atomic E-state index is 12.8. The lowest BCUT2D eigenvalue weighted by molar-refractivity contribution is -0.0867. The highest BCUT2D eigenvalue weighted by Gasteiger charge is 2.42. The molecule has 1 aliphatic carbocycles. The van der Waals surface area contributed by atoms with Crippen LogP contribution < -0.4 is 0 Å². The number of rotatable bonds is 3. The molecule has 4 heteroatoms. The molecule has 2 aliphatic rings. The predicted octanol–water partition coefficient (Wildman–Crippen LogP) is 2.90. The van der Waals surface area contributed by atoms with E-state index in [1.54, 1.807) is 4.68 Å². The van der Waals surface area contributed by atoms with Crippen LogP contribution in [0.3, 0.4) is 0 Å². The first kappa shape index (κ1) is 13.8. The molecule has 1 saturated carbocycles. The molecule has 0 aromatic carbocycles. The minimum atomic E-state index is 0.00472. The van der Waals surface area contributed by atoms with Crippen molar-refractivity contribution in [2.75, 3.05) is 6.61 Å². The van der Waals surface area contributed by atoms with Gasteiger partial charge < -0.3 is 4.74 Å². The van der Waals surface area contributed by atoms with Crippen LogP contribution in [0.25, 0.3) is 0 Å². The van der Waals surface area contributed by atoms with Gasteiger partial charge in [0.1, 0.15) is 5.69 Å². The minimum Gasteiger partial charge on any atom is -0.375 e. The molecule has 2 heterocycles. The first-order valence-electron chi connectivity index (χ1n) is 7.85. The second-order valence-corrected chi connectivity index (χ2v) is 6.29. The smallest absolute Gasteiger partial charge is 0.184 e. The van der Waals surface area contributed by atoms with Gasteiger partial charge in [0.25, 0.3) is 0 Å². The lowest BCUT2D eigenvalue weighted by Gasteiger charge is -2.37. The second kappa shape index (κ2) is 5.32. The molecule has 0 N–H and O–H groups in total. The van der Waals surface area contributed by atoms with E-state index in [9.17, 15) is 4.79 Å². The molecule has 0 amide bonds. The quantitative estimate of drug-likeness (QED) is 0.797. The van der Waals surface area contributed by atoms with Crippen LogP contribution in [-0.2, 0) is 18.2 Å². The molecule has 20 heavy (non-hydrogen) atoms. The topological polar surface area (TPSA) is 44.1 Å². The maximum Gasteiger partial charge on any atom is 0.184 e. The Morgan fingerprint density at radius 3 is 2.90 bits per heavy atom. The molecule has 2 fully saturated rings. The zero-order valence-corrected chi connectivity index (χ0v) is 12.5. The molecule has 1 atom stereocenters. The van der Waals surface area contributed by atoms with Crippen molar-refractivity contribution in [1.82, 2.24) is 9.78 Å². The molecule has 1 aromatic heterocycles. The third kappa shape index (κ3) is 2.41. The zero-order valence-electron chi connectivity index (χ0n) is 12.5. The van der Waals surface area contributed by atoms with Crippen LogP contribution in [0.4, 0.5) is 0 Å². The molecule has 0 radical (unpaired) electrons. The summed E-state index contributed by atoms with van der Waals surface area (Å²) in [5.41, 5.74) is 1.77. The van der Waals surface area contributed by atoms with Gasteiger partial charge in [-0.05, 0) is 38.2 Å². The van der Waals surface area contributed by atoms with E-state index in [2.05, 4.69) is 12.0 Å². The first-order valence-corrected chi connectivity index (χ1v) is 7.85. The molecular formula is C16H24N2O2. The summed E-state index contributed by atoms with van der Waals surface area (Å²) in [6, 6.07) is 1.96. The molecule has 1 aliphatic heterocycles. The van der Waals surface area contributed by atoms with Crippen molar-refractivity contribution < 1.29 is 9.53 Å². The van der Waals surface area contributed by atoms with E-state index >= 15 is 0 Å². The van der Waals surface area contributed by atoms with E-state index in [4.69, 9.17) is 4.74 Å². The fourth-order valence-electron chi connectivity index (χ4n) is 3.76. The average molecular weight is 276 g/mol. The van der Waals surface area contributed by atoms with Crippen molar-refractivity contribution in [3.05, 3.63) is 17.5 Å². The van der Waals surface area contributed by atoms with Gasteiger partial charge >= 0.3 is 0 Å². The number of aryl methyl sites for hydroxylation is 2. The van der Waals surface area contributed by atoms with Gasteiger partial charge in [-0.15, -0.1) is 0 Å². The number of ether oxygens (including phenoxy) is 1. The van der Waals surface area contributed by atoms with Crippen LogP contribution in [-0.4, -0.2) is 27.8 Å². The van der Waals surface area contributed by atoms with Gasteiger partial charge in [-0.25, -0.2) is 0 Å². The predicted molar refractivity (Wildman–Crippen MR) is 76.8 cm³/mol. The molecule has 0 bridgehead atoms. The summed E-state index contributed by atoms with van der Waals surface area (Å²) in [5, 5.41) is 4.40. The van der Waals surface area contributed by atoms with Crippen molar-refractivity contribution in [2.24, 2.45) is 13.0 Å². The standard InChI is InChI=1S/C16H24N2O2/c1-3-13-10-14(18(2)17-13)15(19)12-6-9-20-16(11-12)7-4-5-8-16/h10,12H,3-9,11H2,1-2H3. The third-order valence-electron chi connectivity index (χ3n) is 4.92. The summed E-state index contributed by atoms with van der Waals surface area (Å²) in [5.74, 6) is 0.372. The summed E-state index contributed by atoms with van der Waals surface area (Å²) >= 11 is 0. The lowest BCUT2D eigenvalue weighted by Crippen LogP contribution is -2.40. The fraction of sp³-hybridized carbons (Fsp3) is 0.750. The Bertz CT molecular complexity index is 501. The highest BCUT2D eigenvalue weighted by molar-refractivity contribution is 5.96. The van der Waals surface area contributed by atoms with E-state index in [1.165, 1.54) is 12.8 Å². The molecule has 1 saturated heterocycles. The number of nitrogens with zero attached hydrogens (tertiary/aromatic N) is 2. The van der Waals surface area contributed by atoms with Crippen LogP contribution in [0, 0.1) is 5.92 Å². The van der Waals surface area contributed by atoms with Gasteiger partial charge in [0.2, 0.25) is 0 Å². The van der Waals surface area contributed by atoms with Crippen molar-refractivity contribution in [3.63, 3.8) is 0 Å². The average Bonchev–Trinajstić information content (AvgIpc) is 3.05. The monoisotopic (exact) mass is 276 g/mol. The number of carbonyl (C=O) groups excluding carboxylic acids is 1. The van der Waals surface area contributed by atoms with Gasteiger partial charge in [0, 0.05) is 19.6 Å². The Labute approximate surface area is 120 Å². The van der Waals surface area contributed by atoms with E-state index in [0.29, 0.717) is 0 Å². The van der Waals surface area contributed by atoms with Crippen molar-refractivity contribution in [3.8, 4) is 0 Å². The van der Waals surface area contributed by atoms with Gasteiger partial charge in [0.05, 0.1) is 11.3 Å². The summed E-state index contributed by atoms with van der Waals surface area (Å²) in [7, 11) is 1.87. The van der Waals surface area contributed by atoms with Crippen LogP contribution in [0.2, 0.25) is 0 Å². The van der Waals surface area contributed by atoms with Crippen LogP contribution in [0.1, 0.15) is 61.6 Å². The minimum absolute atomic E-state index is 0.00472. The van der Waals surface area contributed by atoms with Crippen molar-refractivity contribution >= 4 is 5.78 Å². The SMILES string of the molecule is CCc1cc(C(=O)C2CCOC3(CCCC3)C2)n(C)n1. The summed E-state index contributed by atoms with van der Waals surface area (Å²) in [6.45, 7) is 2.80. The molecular weight excluding hydrogens is 252 g/mol. The van der Waals surface area contributed by atoms with Gasteiger partial charge in [-0.3, -0.25) is 9.48 Å². The van der Waals surface area contributed by atoms with Gasteiger partial charge in [-0.2, -0.15) is 5.10 Å². The largest absolute Gasteiger partial charge is 0.375 e. The summed E-state index contributed by atoms with van der Waals surface area (Å²) in [6.07, 6.45) is 7.37. The Morgan fingerprint density at radius 1 is 1.50 bits per heavy atom. The Morgan fingerprint density at radius 2 is 2.25 bits per heavy atom. The normalized spacial score (nSPS) is 25.2. The van der Waals surface area contributed by atoms with Gasteiger partial charge in [-0.1, -0.05) is 19.8 Å². The lowest BCUT2D eigenvalue weighted by atomic mass is 9.81. The van der Waals surface area contributed by atoms with E-state index < -0.39 is 0 Å². The second-order valence-electron chi connectivity index (χ2n) is 6.29. The summed E-state index contributed by atoms with van der Waals surface area (Å²) in [4.78, 5) is 12.8. The van der Waals surface area contributed by atoms with E-state index in [1.807, 2.05) is 13.1 Å². The molecule has 4 nitrogen and oxygen atoms in total. The van der Waals surface area contributed by atoms with Gasteiger partial charge in [0.15, 0.2) is 5.78 Å². The number of aromatic nitrogens is 2. The number of hydrogen-bond acceptors (Lipinski definition) is 3. The highest BCUT2D eigenvalue weighted by Crippen LogP contribution is 2.42. The van der Waals surface area contributed by atoms with E-state index in [0.717, 1.165) is 50.1 Å². The molecule has 1 unspecified atom stereocenters. The number of carbonyl (C=O) groups is 1. The summed E-state index contributed by atoms with van der Waals surface area (Å²) < 4.78 is 7.77. The Hall–Kier alpha value is -1.16. The third-order valence-corrected chi connectivity index (χ3v) is 4.92. The Kier molecular flexibility index (Phi) is 3.67. The zero-order chi connectivity index (χ0) is 14.2.